The van der Waals surface area contributed by atoms with E-state index in [1.165, 1.54) is 25.3 Å². The number of hydrogen-bond donors (Lipinski definition) is 0. The lowest BCUT2D eigenvalue weighted by atomic mass is 10.00. The molecule has 0 fully saturated rings. The van der Waals surface area contributed by atoms with Gasteiger partial charge in [0.05, 0.1) is 29.9 Å². The fourth-order valence-electron chi connectivity index (χ4n) is 2.95. The first-order valence-electron chi connectivity index (χ1n) is 8.17. The number of halogens is 3. The SMILES string of the molecule is CCOC(=O)CN1c2ccc(C(F)(F)F)cc2-c2ccc(OC)cc2S1(=O)=O. The van der Waals surface area contributed by atoms with Crippen molar-refractivity contribution in [3.63, 3.8) is 0 Å². The lowest BCUT2D eigenvalue weighted by molar-refractivity contribution is -0.141. The molecule has 0 bridgehead atoms. The van der Waals surface area contributed by atoms with Crippen LogP contribution in [0.25, 0.3) is 11.1 Å². The van der Waals surface area contributed by atoms with Gasteiger partial charge in [0.25, 0.3) is 10.0 Å². The molecular formula is C18H16F3NO5S. The summed E-state index contributed by atoms with van der Waals surface area (Å²) in [6.45, 7) is 0.939. The summed E-state index contributed by atoms with van der Waals surface area (Å²) in [5.74, 6) is -0.600. The minimum Gasteiger partial charge on any atom is -0.497 e. The third kappa shape index (κ3) is 3.39. The van der Waals surface area contributed by atoms with Crippen LogP contribution in [0, 0.1) is 0 Å². The van der Waals surface area contributed by atoms with Gasteiger partial charge in [-0.05, 0) is 37.3 Å². The number of nitrogens with zero attached hydrogens (tertiary/aromatic N) is 1. The number of sulfonamides is 1. The molecular weight excluding hydrogens is 399 g/mol. The predicted octanol–water partition coefficient (Wildman–Crippen LogP) is 3.45. The van der Waals surface area contributed by atoms with E-state index in [0.29, 0.717) is 0 Å². The van der Waals surface area contributed by atoms with E-state index in [1.807, 2.05) is 0 Å². The molecule has 3 rings (SSSR count). The topological polar surface area (TPSA) is 72.9 Å². The minimum absolute atomic E-state index is 0.0290. The molecule has 2 aromatic rings. The van der Waals surface area contributed by atoms with Crippen molar-refractivity contribution in [2.24, 2.45) is 0 Å². The van der Waals surface area contributed by atoms with E-state index in [0.717, 1.165) is 22.5 Å². The van der Waals surface area contributed by atoms with Gasteiger partial charge in [-0.1, -0.05) is 0 Å². The van der Waals surface area contributed by atoms with Gasteiger partial charge in [-0.15, -0.1) is 0 Å². The van der Waals surface area contributed by atoms with Crippen LogP contribution in [0.1, 0.15) is 12.5 Å². The Morgan fingerprint density at radius 1 is 1.11 bits per heavy atom. The molecule has 0 spiro atoms. The molecule has 1 aliphatic heterocycles. The van der Waals surface area contributed by atoms with Gasteiger partial charge in [-0.3, -0.25) is 9.10 Å². The van der Waals surface area contributed by atoms with Crippen molar-refractivity contribution in [2.45, 2.75) is 18.0 Å². The lowest BCUT2D eigenvalue weighted by Crippen LogP contribution is -2.39. The van der Waals surface area contributed by atoms with E-state index in [4.69, 9.17) is 9.47 Å². The second-order valence-corrected chi connectivity index (χ2v) is 7.74. The Kier molecular flexibility index (Phi) is 5.00. The second kappa shape index (κ2) is 7.01. The second-order valence-electron chi connectivity index (χ2n) is 5.91. The molecule has 6 nitrogen and oxygen atoms in total. The molecule has 150 valence electrons. The molecule has 0 amide bonds. The molecule has 0 aliphatic carbocycles. The first-order valence-corrected chi connectivity index (χ1v) is 9.61. The average Bonchev–Trinajstić information content (AvgIpc) is 2.64. The average molecular weight is 415 g/mol. The normalized spacial score (nSPS) is 14.8. The van der Waals surface area contributed by atoms with E-state index in [-0.39, 0.29) is 34.1 Å². The van der Waals surface area contributed by atoms with Crippen LogP contribution in [0.15, 0.2) is 41.3 Å². The van der Waals surface area contributed by atoms with Crippen molar-refractivity contribution in [2.75, 3.05) is 24.6 Å². The maximum Gasteiger partial charge on any atom is 0.416 e. The number of fused-ring (bicyclic) bond motifs is 3. The number of carbonyl (C=O) groups is 1. The van der Waals surface area contributed by atoms with Gasteiger partial charge in [0.15, 0.2) is 0 Å². The highest BCUT2D eigenvalue weighted by Gasteiger charge is 2.39. The quantitative estimate of drug-likeness (QED) is 0.716. The number of rotatable bonds is 4. The molecule has 10 heteroatoms. The van der Waals surface area contributed by atoms with Gasteiger partial charge in [0.1, 0.15) is 12.3 Å². The number of benzene rings is 2. The highest BCUT2D eigenvalue weighted by Crippen LogP contribution is 2.46. The lowest BCUT2D eigenvalue weighted by Gasteiger charge is -2.32. The molecule has 0 atom stereocenters. The van der Waals surface area contributed by atoms with Crippen LogP contribution in [0.4, 0.5) is 18.9 Å². The molecule has 0 unspecified atom stereocenters. The van der Waals surface area contributed by atoms with Crippen LogP contribution in [0.5, 0.6) is 5.75 Å². The monoisotopic (exact) mass is 415 g/mol. The number of hydrogen-bond acceptors (Lipinski definition) is 5. The van der Waals surface area contributed by atoms with Gasteiger partial charge >= 0.3 is 12.1 Å². The third-order valence-corrected chi connectivity index (χ3v) is 6.02. The summed E-state index contributed by atoms with van der Waals surface area (Å²) < 4.78 is 76.4. The Balaban J connectivity index is 2.26. The van der Waals surface area contributed by atoms with Crippen molar-refractivity contribution in [3.8, 4) is 16.9 Å². The predicted molar refractivity (Wildman–Crippen MR) is 94.6 cm³/mol. The van der Waals surface area contributed by atoms with Crippen LogP contribution in [0.2, 0.25) is 0 Å². The van der Waals surface area contributed by atoms with Crippen LogP contribution >= 0.6 is 0 Å². The Labute approximate surface area is 159 Å². The Morgan fingerprint density at radius 2 is 1.82 bits per heavy atom. The summed E-state index contributed by atoms with van der Waals surface area (Å²) >= 11 is 0. The number of ether oxygens (including phenoxy) is 2. The Bertz CT molecular complexity index is 1030. The molecule has 1 aliphatic rings. The fourth-order valence-corrected chi connectivity index (χ4v) is 4.61. The molecule has 0 aromatic heterocycles. The van der Waals surface area contributed by atoms with Gasteiger partial charge in [-0.25, -0.2) is 8.42 Å². The summed E-state index contributed by atoms with van der Waals surface area (Å²) in [5.41, 5.74) is -0.810. The summed E-state index contributed by atoms with van der Waals surface area (Å²) in [7, 11) is -2.88. The Hall–Kier alpha value is -2.75. The van der Waals surface area contributed by atoms with E-state index >= 15 is 0 Å². The maximum atomic E-state index is 13.2. The number of esters is 1. The molecule has 0 radical (unpaired) electrons. The van der Waals surface area contributed by atoms with Crippen molar-refractivity contribution < 1.29 is 35.9 Å². The van der Waals surface area contributed by atoms with Crippen molar-refractivity contribution >= 4 is 21.7 Å². The van der Waals surface area contributed by atoms with E-state index < -0.39 is 34.3 Å². The number of anilines is 1. The van der Waals surface area contributed by atoms with E-state index in [9.17, 15) is 26.4 Å². The molecule has 0 saturated carbocycles. The largest absolute Gasteiger partial charge is 0.497 e. The standard InChI is InChI=1S/C18H16F3NO5S/c1-3-27-17(23)10-22-15-7-4-11(18(19,20)21)8-14(15)13-6-5-12(26-2)9-16(13)28(22,24)25/h4-9H,3,10H2,1-2H3. The molecule has 0 N–H and O–H groups in total. The highest BCUT2D eigenvalue weighted by atomic mass is 32.2. The third-order valence-electron chi connectivity index (χ3n) is 4.22. The molecule has 2 aromatic carbocycles. The van der Waals surface area contributed by atoms with Gasteiger partial charge in [0.2, 0.25) is 0 Å². The first kappa shape index (κ1) is 20.0. The number of alkyl halides is 3. The van der Waals surface area contributed by atoms with Crippen molar-refractivity contribution in [1.29, 1.82) is 0 Å². The number of carbonyl (C=O) groups excluding carboxylic acids is 1. The smallest absolute Gasteiger partial charge is 0.416 e. The molecule has 1 heterocycles. The van der Waals surface area contributed by atoms with E-state index in [2.05, 4.69) is 0 Å². The summed E-state index contributed by atoms with van der Waals surface area (Å²) in [5, 5.41) is 0. The van der Waals surface area contributed by atoms with Crippen LogP contribution < -0.4 is 9.04 Å². The van der Waals surface area contributed by atoms with Crippen LogP contribution in [-0.2, 0) is 25.7 Å². The zero-order valence-corrected chi connectivity index (χ0v) is 15.7. The van der Waals surface area contributed by atoms with Crippen LogP contribution in [0.3, 0.4) is 0 Å². The number of methoxy groups -OCH3 is 1. The van der Waals surface area contributed by atoms with Gasteiger partial charge in [-0.2, -0.15) is 13.2 Å². The van der Waals surface area contributed by atoms with Gasteiger partial charge in [0, 0.05) is 17.2 Å². The summed E-state index contributed by atoms with van der Waals surface area (Å²) in [6, 6.07) is 6.74. The van der Waals surface area contributed by atoms with Gasteiger partial charge < -0.3 is 9.47 Å². The van der Waals surface area contributed by atoms with Crippen LogP contribution in [-0.4, -0.2) is 34.6 Å². The van der Waals surface area contributed by atoms with E-state index in [1.54, 1.807) is 6.92 Å². The zero-order valence-electron chi connectivity index (χ0n) is 14.9. The molecule has 0 saturated heterocycles. The zero-order chi connectivity index (χ0) is 20.7. The molecule has 28 heavy (non-hydrogen) atoms. The first-order chi connectivity index (χ1) is 13.1. The summed E-state index contributed by atoms with van der Waals surface area (Å²) in [6.07, 6.45) is -4.61. The minimum atomic E-state index is -4.61. The Morgan fingerprint density at radius 3 is 2.43 bits per heavy atom. The fraction of sp³-hybridized carbons (Fsp3) is 0.278. The maximum absolute atomic E-state index is 13.2. The highest BCUT2D eigenvalue weighted by molar-refractivity contribution is 7.93. The summed E-state index contributed by atoms with van der Waals surface area (Å²) in [4.78, 5) is 11.7. The van der Waals surface area contributed by atoms with Crippen molar-refractivity contribution in [1.82, 2.24) is 0 Å². The van der Waals surface area contributed by atoms with Crippen molar-refractivity contribution in [3.05, 3.63) is 42.0 Å².